The molecule has 0 aliphatic heterocycles. The number of aromatic hydroxyl groups is 1. The van der Waals surface area contributed by atoms with Crippen molar-refractivity contribution in [2.45, 2.75) is 104 Å². The molecule has 25 heavy (non-hydrogen) atoms. The van der Waals surface area contributed by atoms with Crippen molar-refractivity contribution in [3.05, 3.63) is 29.3 Å². The fraction of sp³-hybridized carbons (Fsp3) is 0.750. The van der Waals surface area contributed by atoms with Crippen LogP contribution in [0.3, 0.4) is 0 Å². The topological polar surface area (TPSA) is 20.2 Å². The Hall–Kier alpha value is -0.980. The molecule has 2 aliphatic carbocycles. The molecule has 140 valence electrons. The molecular weight excluding hydrogens is 304 g/mol. The Bertz CT molecular complexity index is 551. The monoisotopic (exact) mass is 342 g/mol. The van der Waals surface area contributed by atoms with E-state index in [0.717, 1.165) is 6.42 Å². The van der Waals surface area contributed by atoms with E-state index in [1.807, 2.05) is 6.07 Å². The normalized spacial score (nSPS) is 19.8. The average molecular weight is 343 g/mol. The number of hydrogen-bond donors (Lipinski definition) is 1. The predicted octanol–water partition coefficient (Wildman–Crippen LogP) is 7.20. The van der Waals surface area contributed by atoms with Crippen LogP contribution in [-0.4, -0.2) is 5.11 Å². The van der Waals surface area contributed by atoms with Gasteiger partial charge >= 0.3 is 0 Å². The lowest BCUT2D eigenvalue weighted by molar-refractivity contribution is 0.459. The van der Waals surface area contributed by atoms with E-state index < -0.39 is 0 Å². The van der Waals surface area contributed by atoms with Gasteiger partial charge in [-0.15, -0.1) is 0 Å². The Kier molecular flexibility index (Phi) is 6.12. The van der Waals surface area contributed by atoms with E-state index in [0.29, 0.717) is 16.6 Å². The molecule has 1 aromatic rings. The maximum Gasteiger partial charge on any atom is 0.118 e. The van der Waals surface area contributed by atoms with Gasteiger partial charge < -0.3 is 5.11 Å². The second kappa shape index (κ2) is 8.14. The van der Waals surface area contributed by atoms with E-state index in [9.17, 15) is 5.11 Å². The van der Waals surface area contributed by atoms with Crippen molar-refractivity contribution in [2.75, 3.05) is 0 Å². The molecule has 2 aliphatic rings. The van der Waals surface area contributed by atoms with Crippen LogP contribution in [0.15, 0.2) is 18.2 Å². The van der Waals surface area contributed by atoms with Gasteiger partial charge in [-0.1, -0.05) is 51.7 Å². The molecule has 1 heteroatoms. The molecule has 0 saturated heterocycles. The maximum absolute atomic E-state index is 10.1. The van der Waals surface area contributed by atoms with Gasteiger partial charge in [0.1, 0.15) is 5.75 Å². The minimum absolute atomic E-state index is 0.500. The predicted molar refractivity (Wildman–Crippen MR) is 107 cm³/mol. The summed E-state index contributed by atoms with van der Waals surface area (Å²) >= 11 is 0. The zero-order chi connectivity index (χ0) is 17.8. The van der Waals surface area contributed by atoms with Crippen molar-refractivity contribution in [3.8, 4) is 5.75 Å². The average Bonchev–Trinajstić information content (AvgIpc) is 3.50. The second-order valence-corrected chi connectivity index (χ2v) is 9.71. The van der Waals surface area contributed by atoms with Crippen molar-refractivity contribution in [1.29, 1.82) is 0 Å². The lowest BCUT2D eigenvalue weighted by atomic mass is 9.96. The zero-order valence-corrected chi connectivity index (χ0v) is 16.6. The number of rotatable bonds is 12. The summed E-state index contributed by atoms with van der Waals surface area (Å²) in [6.45, 7) is 4.86. The Morgan fingerprint density at radius 2 is 1.32 bits per heavy atom. The summed E-state index contributed by atoms with van der Waals surface area (Å²) in [4.78, 5) is 0. The smallest absolute Gasteiger partial charge is 0.118 e. The number of aryl methyl sites for hydroxylation is 2. The van der Waals surface area contributed by atoms with Crippen LogP contribution >= 0.6 is 0 Å². The van der Waals surface area contributed by atoms with Crippen LogP contribution in [-0.2, 0) is 12.8 Å². The lowest BCUT2D eigenvalue weighted by Crippen LogP contribution is -1.95. The van der Waals surface area contributed by atoms with Crippen LogP contribution < -0.4 is 0 Å². The highest BCUT2D eigenvalue weighted by molar-refractivity contribution is 5.36. The quantitative estimate of drug-likeness (QED) is 0.398. The standard InChI is InChI=1S/C24H38O/c1-23(15-16-23)13-7-3-5-9-20-11-12-22(25)21(19-20)10-6-4-8-14-24(2)17-18-24/h11-12,19,25H,3-10,13-18H2,1-2H3. The fourth-order valence-electron chi connectivity index (χ4n) is 4.02. The van der Waals surface area contributed by atoms with Crippen LogP contribution in [0.2, 0.25) is 0 Å². The van der Waals surface area contributed by atoms with Gasteiger partial charge in [0.15, 0.2) is 0 Å². The Labute approximate surface area is 155 Å². The van der Waals surface area contributed by atoms with E-state index in [1.54, 1.807) is 0 Å². The van der Waals surface area contributed by atoms with E-state index in [4.69, 9.17) is 0 Å². The molecule has 0 heterocycles. The van der Waals surface area contributed by atoms with Crippen LogP contribution in [0, 0.1) is 10.8 Å². The third kappa shape index (κ3) is 6.35. The van der Waals surface area contributed by atoms with Crippen molar-refractivity contribution in [3.63, 3.8) is 0 Å². The number of phenols is 1. The van der Waals surface area contributed by atoms with E-state index in [1.165, 1.54) is 94.6 Å². The number of hydrogen-bond acceptors (Lipinski definition) is 1. The Morgan fingerprint density at radius 3 is 1.88 bits per heavy atom. The van der Waals surface area contributed by atoms with Crippen molar-refractivity contribution >= 4 is 0 Å². The first-order valence-electron chi connectivity index (χ1n) is 10.8. The molecule has 0 amide bonds. The molecule has 2 fully saturated rings. The van der Waals surface area contributed by atoms with Crippen LogP contribution in [0.5, 0.6) is 5.75 Å². The van der Waals surface area contributed by atoms with E-state index >= 15 is 0 Å². The number of unbranched alkanes of at least 4 members (excludes halogenated alkanes) is 4. The summed E-state index contributed by atoms with van der Waals surface area (Å²) in [7, 11) is 0. The molecule has 0 bridgehead atoms. The molecule has 0 unspecified atom stereocenters. The van der Waals surface area contributed by atoms with Gasteiger partial charge in [0, 0.05) is 0 Å². The molecule has 1 nitrogen and oxygen atoms in total. The summed E-state index contributed by atoms with van der Waals surface area (Å²) in [6.07, 6.45) is 18.7. The summed E-state index contributed by atoms with van der Waals surface area (Å²) < 4.78 is 0. The number of benzene rings is 1. The summed E-state index contributed by atoms with van der Waals surface area (Å²) in [5.41, 5.74) is 3.98. The molecule has 0 aromatic heterocycles. The summed E-state index contributed by atoms with van der Waals surface area (Å²) in [6, 6.07) is 6.30. The van der Waals surface area contributed by atoms with Gasteiger partial charge in [-0.25, -0.2) is 0 Å². The molecule has 0 spiro atoms. The summed E-state index contributed by atoms with van der Waals surface area (Å²) in [5.74, 6) is 0.500. The molecule has 2 saturated carbocycles. The van der Waals surface area contributed by atoms with E-state index in [-0.39, 0.29) is 0 Å². The molecule has 0 radical (unpaired) electrons. The van der Waals surface area contributed by atoms with Crippen LogP contribution in [0.1, 0.15) is 102 Å². The highest BCUT2D eigenvalue weighted by atomic mass is 16.3. The molecule has 0 atom stereocenters. The molecular formula is C24H38O. The summed E-state index contributed by atoms with van der Waals surface area (Å²) in [5, 5.41) is 10.1. The van der Waals surface area contributed by atoms with Crippen LogP contribution in [0.25, 0.3) is 0 Å². The first kappa shape index (κ1) is 18.8. The third-order valence-electron chi connectivity index (χ3n) is 6.82. The minimum Gasteiger partial charge on any atom is -0.508 e. The second-order valence-electron chi connectivity index (χ2n) is 9.71. The highest BCUT2D eigenvalue weighted by Gasteiger charge is 2.36. The van der Waals surface area contributed by atoms with Gasteiger partial charge in [0.2, 0.25) is 0 Å². The maximum atomic E-state index is 10.1. The lowest BCUT2D eigenvalue weighted by Gasteiger charge is -2.10. The van der Waals surface area contributed by atoms with Gasteiger partial charge in [-0.05, 0) is 92.2 Å². The third-order valence-corrected chi connectivity index (χ3v) is 6.82. The largest absolute Gasteiger partial charge is 0.508 e. The Morgan fingerprint density at radius 1 is 0.760 bits per heavy atom. The first-order chi connectivity index (χ1) is 12.0. The van der Waals surface area contributed by atoms with Crippen molar-refractivity contribution in [2.24, 2.45) is 10.8 Å². The molecule has 1 N–H and O–H groups in total. The zero-order valence-electron chi connectivity index (χ0n) is 16.6. The minimum atomic E-state index is 0.500. The molecule has 3 rings (SSSR count). The van der Waals surface area contributed by atoms with Gasteiger partial charge in [-0.2, -0.15) is 0 Å². The van der Waals surface area contributed by atoms with Gasteiger partial charge in [0.25, 0.3) is 0 Å². The fourth-order valence-corrected chi connectivity index (χ4v) is 4.02. The van der Waals surface area contributed by atoms with Crippen LogP contribution in [0.4, 0.5) is 0 Å². The first-order valence-corrected chi connectivity index (χ1v) is 10.8. The van der Waals surface area contributed by atoms with Crippen molar-refractivity contribution < 1.29 is 5.11 Å². The highest BCUT2D eigenvalue weighted by Crippen LogP contribution is 2.49. The molecule has 1 aromatic carbocycles. The van der Waals surface area contributed by atoms with E-state index in [2.05, 4.69) is 26.0 Å². The number of phenolic OH excluding ortho intramolecular Hbond substituents is 1. The van der Waals surface area contributed by atoms with Gasteiger partial charge in [0.05, 0.1) is 0 Å². The van der Waals surface area contributed by atoms with Gasteiger partial charge in [-0.3, -0.25) is 0 Å². The SMILES string of the molecule is CC1(CCCCCc2ccc(O)c(CCCCCC3(C)CC3)c2)CC1. The Balaban J connectivity index is 1.32. The van der Waals surface area contributed by atoms with Crippen molar-refractivity contribution in [1.82, 2.24) is 0 Å².